The molecule has 0 aliphatic carbocycles. The summed E-state index contributed by atoms with van der Waals surface area (Å²) in [6.45, 7) is 4.23. The Balaban J connectivity index is 2.27. The van der Waals surface area contributed by atoms with Crippen LogP contribution in [0.3, 0.4) is 0 Å². The summed E-state index contributed by atoms with van der Waals surface area (Å²) < 4.78 is 6.70. The predicted octanol–water partition coefficient (Wildman–Crippen LogP) is 3.71. The van der Waals surface area contributed by atoms with Crippen molar-refractivity contribution in [1.29, 1.82) is 0 Å². The van der Waals surface area contributed by atoms with E-state index in [2.05, 4.69) is 20.9 Å². The molecule has 0 aromatic carbocycles. The fourth-order valence-corrected chi connectivity index (χ4v) is 4.11. The fourth-order valence-electron chi connectivity index (χ4n) is 2.38. The van der Waals surface area contributed by atoms with E-state index in [1.807, 2.05) is 24.4 Å². The van der Waals surface area contributed by atoms with Crippen molar-refractivity contribution in [1.82, 2.24) is 4.98 Å². The smallest absolute Gasteiger partial charge is 0.142 e. The molecule has 0 radical (unpaired) electrons. The molecule has 1 atom stereocenters. The Kier molecular flexibility index (Phi) is 2.73. The number of nitrogens with zero attached hydrogens (tertiary/aromatic N) is 1. The summed E-state index contributed by atoms with van der Waals surface area (Å²) in [6, 6.07) is 4.05. The lowest BCUT2D eigenvalue weighted by Crippen LogP contribution is -2.21. The number of hydrogen-bond donors (Lipinski definition) is 1. The van der Waals surface area contributed by atoms with Crippen LogP contribution in [0.4, 0.5) is 0 Å². The Morgan fingerprint density at radius 3 is 3.00 bits per heavy atom. The van der Waals surface area contributed by atoms with Crippen molar-refractivity contribution >= 4 is 27.3 Å². The summed E-state index contributed by atoms with van der Waals surface area (Å²) in [4.78, 5) is 5.46. The molecular formula is C13H12BrNO2S. The Hall–Kier alpha value is -0.910. The zero-order chi connectivity index (χ0) is 12.9. The normalized spacial score (nSPS) is 22.2. The molecule has 0 fully saturated rings. The van der Waals surface area contributed by atoms with Gasteiger partial charge >= 0.3 is 0 Å². The molecule has 3 nitrogen and oxygen atoms in total. The summed E-state index contributed by atoms with van der Waals surface area (Å²) >= 11 is 5.14. The highest BCUT2D eigenvalue weighted by Gasteiger charge is 2.42. The highest BCUT2D eigenvalue weighted by atomic mass is 79.9. The third-order valence-electron chi connectivity index (χ3n) is 3.38. The van der Waals surface area contributed by atoms with Gasteiger partial charge < -0.3 is 9.84 Å². The number of ether oxygens (including phenoxy) is 1. The first-order valence-corrected chi connectivity index (χ1v) is 7.27. The lowest BCUT2D eigenvalue weighted by Gasteiger charge is -2.24. The van der Waals surface area contributed by atoms with Crippen molar-refractivity contribution in [2.24, 2.45) is 0 Å². The van der Waals surface area contributed by atoms with E-state index in [0.717, 1.165) is 20.6 Å². The van der Waals surface area contributed by atoms with Crippen molar-refractivity contribution in [2.75, 3.05) is 0 Å². The van der Waals surface area contributed by atoms with Crippen molar-refractivity contribution in [3.63, 3.8) is 0 Å². The molecular weight excluding hydrogens is 314 g/mol. The summed E-state index contributed by atoms with van der Waals surface area (Å²) in [5.74, 6) is 0.244. The zero-order valence-corrected chi connectivity index (χ0v) is 12.4. The van der Waals surface area contributed by atoms with Crippen LogP contribution in [0.25, 0.3) is 0 Å². The first-order chi connectivity index (χ1) is 8.54. The van der Waals surface area contributed by atoms with Gasteiger partial charge in [0.15, 0.2) is 0 Å². The second-order valence-electron chi connectivity index (χ2n) is 4.49. The predicted molar refractivity (Wildman–Crippen MR) is 73.9 cm³/mol. The SMILES string of the molecule is Cc1nc(Br)c2c(c1O)COC2(C)c1cccs1. The first-order valence-electron chi connectivity index (χ1n) is 5.60. The van der Waals surface area contributed by atoms with Gasteiger partial charge in [-0.05, 0) is 41.2 Å². The monoisotopic (exact) mass is 325 g/mol. The quantitative estimate of drug-likeness (QED) is 0.812. The molecule has 1 unspecified atom stereocenters. The number of aromatic hydroxyl groups is 1. The zero-order valence-electron chi connectivity index (χ0n) is 10.0. The van der Waals surface area contributed by atoms with Crippen LogP contribution in [-0.4, -0.2) is 10.1 Å². The minimum Gasteiger partial charge on any atom is -0.506 e. The van der Waals surface area contributed by atoms with Gasteiger partial charge in [0, 0.05) is 16.0 Å². The standard InChI is InChI=1S/C13H12BrNO2S/c1-7-11(16)8-6-17-13(2,9-4-3-5-18-9)10(8)12(14)15-7/h3-5,16H,6H2,1-2H3. The molecule has 3 rings (SSSR count). The van der Waals surface area contributed by atoms with Crippen LogP contribution in [0.2, 0.25) is 0 Å². The average molecular weight is 326 g/mol. The van der Waals surface area contributed by atoms with Crippen LogP contribution in [-0.2, 0) is 16.9 Å². The molecule has 1 aliphatic heterocycles. The number of halogens is 1. The number of rotatable bonds is 1. The molecule has 2 aromatic rings. The number of fused-ring (bicyclic) bond motifs is 1. The van der Waals surface area contributed by atoms with E-state index in [4.69, 9.17) is 4.74 Å². The van der Waals surface area contributed by atoms with Crippen LogP contribution in [0, 0.1) is 6.92 Å². The maximum absolute atomic E-state index is 10.1. The van der Waals surface area contributed by atoms with E-state index in [1.165, 1.54) is 0 Å². The number of aromatic nitrogens is 1. The minimum atomic E-state index is -0.527. The van der Waals surface area contributed by atoms with Gasteiger partial charge in [-0.2, -0.15) is 0 Å². The third-order valence-corrected chi connectivity index (χ3v) is 5.02. The molecule has 0 saturated carbocycles. The highest BCUT2D eigenvalue weighted by Crippen LogP contribution is 2.48. The molecule has 1 N–H and O–H groups in total. The van der Waals surface area contributed by atoms with Crippen molar-refractivity contribution in [3.05, 3.63) is 43.8 Å². The van der Waals surface area contributed by atoms with Gasteiger partial charge in [0.2, 0.25) is 0 Å². The molecule has 1 aliphatic rings. The van der Waals surface area contributed by atoms with E-state index in [9.17, 15) is 5.11 Å². The maximum atomic E-state index is 10.1. The van der Waals surface area contributed by atoms with Crippen LogP contribution in [0.5, 0.6) is 5.75 Å². The molecule has 94 valence electrons. The van der Waals surface area contributed by atoms with Gasteiger partial charge in [-0.3, -0.25) is 0 Å². The molecule has 0 bridgehead atoms. The maximum Gasteiger partial charge on any atom is 0.142 e. The minimum absolute atomic E-state index is 0.244. The lowest BCUT2D eigenvalue weighted by molar-refractivity contribution is 0.0117. The number of pyridine rings is 1. The summed E-state index contributed by atoms with van der Waals surface area (Å²) in [7, 11) is 0. The van der Waals surface area contributed by atoms with Crippen LogP contribution in [0.15, 0.2) is 22.1 Å². The average Bonchev–Trinajstić information content (AvgIpc) is 2.94. The van der Waals surface area contributed by atoms with Crippen LogP contribution in [0.1, 0.15) is 28.6 Å². The van der Waals surface area contributed by atoms with Gasteiger partial charge in [0.1, 0.15) is 16.0 Å². The summed E-state index contributed by atoms with van der Waals surface area (Å²) in [5.41, 5.74) is 1.87. The molecule has 3 heterocycles. The number of aryl methyl sites for hydroxylation is 1. The van der Waals surface area contributed by atoms with Crippen LogP contribution >= 0.6 is 27.3 Å². The Morgan fingerprint density at radius 1 is 1.56 bits per heavy atom. The summed E-state index contributed by atoms with van der Waals surface area (Å²) in [6.07, 6.45) is 0. The largest absolute Gasteiger partial charge is 0.506 e. The van der Waals surface area contributed by atoms with E-state index < -0.39 is 5.60 Å². The molecule has 5 heteroatoms. The van der Waals surface area contributed by atoms with Gasteiger partial charge in [-0.25, -0.2) is 4.98 Å². The van der Waals surface area contributed by atoms with Crippen LogP contribution < -0.4 is 0 Å². The van der Waals surface area contributed by atoms with Gasteiger partial charge in [-0.15, -0.1) is 11.3 Å². The van der Waals surface area contributed by atoms with E-state index >= 15 is 0 Å². The van der Waals surface area contributed by atoms with E-state index in [0.29, 0.717) is 12.3 Å². The number of thiophene rings is 1. The highest BCUT2D eigenvalue weighted by molar-refractivity contribution is 9.10. The van der Waals surface area contributed by atoms with E-state index in [1.54, 1.807) is 18.3 Å². The van der Waals surface area contributed by atoms with E-state index in [-0.39, 0.29) is 5.75 Å². The topological polar surface area (TPSA) is 42.4 Å². The molecule has 18 heavy (non-hydrogen) atoms. The van der Waals surface area contributed by atoms with Crippen molar-refractivity contribution < 1.29 is 9.84 Å². The molecule has 2 aromatic heterocycles. The Bertz CT molecular complexity index is 612. The second-order valence-corrected chi connectivity index (χ2v) is 6.19. The van der Waals surface area contributed by atoms with Gasteiger partial charge in [-0.1, -0.05) is 6.07 Å². The first kappa shape index (κ1) is 12.1. The molecule has 0 amide bonds. The Morgan fingerprint density at radius 2 is 2.33 bits per heavy atom. The number of hydrogen-bond acceptors (Lipinski definition) is 4. The third kappa shape index (κ3) is 1.54. The van der Waals surface area contributed by atoms with Crippen molar-refractivity contribution in [3.8, 4) is 5.75 Å². The fraction of sp³-hybridized carbons (Fsp3) is 0.308. The van der Waals surface area contributed by atoms with Gasteiger partial charge in [0.25, 0.3) is 0 Å². The second kappa shape index (κ2) is 4.05. The van der Waals surface area contributed by atoms with Gasteiger partial charge in [0.05, 0.1) is 12.3 Å². The lowest BCUT2D eigenvalue weighted by atomic mass is 9.93. The summed E-state index contributed by atoms with van der Waals surface area (Å²) in [5, 5.41) is 12.1. The molecule has 0 spiro atoms. The molecule has 0 saturated heterocycles. The Labute approximate surface area is 118 Å². The van der Waals surface area contributed by atoms with Crippen molar-refractivity contribution in [2.45, 2.75) is 26.1 Å².